The van der Waals surface area contributed by atoms with Crippen LogP contribution >= 0.6 is 0 Å². The van der Waals surface area contributed by atoms with Crippen molar-refractivity contribution in [3.05, 3.63) is 0 Å². The highest BCUT2D eigenvalue weighted by Crippen LogP contribution is 2.30. The Labute approximate surface area is 125 Å². The summed E-state index contributed by atoms with van der Waals surface area (Å²) in [5, 5.41) is 3.79. The van der Waals surface area contributed by atoms with Gasteiger partial charge in [-0.2, -0.15) is 0 Å². The minimum atomic E-state index is 0.276. The van der Waals surface area contributed by atoms with Crippen molar-refractivity contribution in [2.24, 2.45) is 5.41 Å². The minimum Gasteiger partial charge on any atom is -0.378 e. The van der Waals surface area contributed by atoms with Crippen LogP contribution in [0, 0.1) is 5.41 Å². The van der Waals surface area contributed by atoms with E-state index in [9.17, 15) is 0 Å². The highest BCUT2D eigenvalue weighted by molar-refractivity contribution is 4.98. The van der Waals surface area contributed by atoms with Crippen LogP contribution in [0.5, 0.6) is 0 Å². The van der Waals surface area contributed by atoms with Crippen molar-refractivity contribution >= 4 is 0 Å². The maximum absolute atomic E-state index is 5.80. The summed E-state index contributed by atoms with van der Waals surface area (Å²) in [4.78, 5) is 2.72. The fourth-order valence-corrected chi connectivity index (χ4v) is 3.59. The smallest absolute Gasteiger partial charge is 0.0588 e. The van der Waals surface area contributed by atoms with Gasteiger partial charge in [-0.25, -0.2) is 0 Å². The monoisotopic (exact) mass is 282 g/mol. The average Bonchev–Trinajstić information content (AvgIpc) is 2.88. The van der Waals surface area contributed by atoms with Crippen LogP contribution in [-0.2, 0) is 4.74 Å². The molecular weight excluding hydrogens is 248 g/mol. The van der Waals surface area contributed by atoms with Crippen molar-refractivity contribution in [1.82, 2.24) is 10.2 Å². The normalized spacial score (nSPS) is 36.5. The number of ether oxygens (including phenoxy) is 1. The molecule has 2 aliphatic rings. The third-order valence-corrected chi connectivity index (χ3v) is 5.26. The highest BCUT2D eigenvalue weighted by atomic mass is 16.5. The molecule has 2 rings (SSSR count). The molecule has 0 bridgehead atoms. The van der Waals surface area contributed by atoms with E-state index in [0.717, 1.165) is 19.7 Å². The number of rotatable bonds is 4. The van der Waals surface area contributed by atoms with Gasteiger partial charge < -0.3 is 10.1 Å². The molecule has 0 amide bonds. The van der Waals surface area contributed by atoms with Gasteiger partial charge in [-0.05, 0) is 38.0 Å². The third kappa shape index (κ3) is 3.96. The van der Waals surface area contributed by atoms with E-state index in [0.29, 0.717) is 17.6 Å². The zero-order valence-electron chi connectivity index (χ0n) is 14.2. The van der Waals surface area contributed by atoms with Crippen LogP contribution < -0.4 is 5.32 Å². The summed E-state index contributed by atoms with van der Waals surface area (Å²) in [6, 6.07) is 0.628. The van der Waals surface area contributed by atoms with Crippen molar-refractivity contribution in [2.75, 3.05) is 26.2 Å². The molecule has 2 saturated heterocycles. The highest BCUT2D eigenvalue weighted by Gasteiger charge is 2.39. The van der Waals surface area contributed by atoms with Crippen molar-refractivity contribution in [3.8, 4) is 0 Å². The quantitative estimate of drug-likeness (QED) is 0.858. The fourth-order valence-electron chi connectivity index (χ4n) is 3.59. The van der Waals surface area contributed by atoms with Gasteiger partial charge in [0.15, 0.2) is 0 Å². The molecule has 3 heteroatoms. The molecule has 0 spiro atoms. The van der Waals surface area contributed by atoms with Crippen molar-refractivity contribution in [1.29, 1.82) is 0 Å². The molecular formula is C17H34N2O. The molecule has 3 atom stereocenters. The number of nitrogens with one attached hydrogen (secondary N) is 1. The van der Waals surface area contributed by atoms with Crippen LogP contribution in [0.3, 0.4) is 0 Å². The van der Waals surface area contributed by atoms with Crippen LogP contribution in [-0.4, -0.2) is 48.8 Å². The topological polar surface area (TPSA) is 24.5 Å². The number of hydrogen-bond donors (Lipinski definition) is 1. The van der Waals surface area contributed by atoms with Crippen LogP contribution in [0.25, 0.3) is 0 Å². The molecule has 118 valence electrons. The Morgan fingerprint density at radius 1 is 1.35 bits per heavy atom. The summed E-state index contributed by atoms with van der Waals surface area (Å²) in [6.07, 6.45) is 5.42. The summed E-state index contributed by atoms with van der Waals surface area (Å²) < 4.78 is 5.80. The number of nitrogens with zero attached hydrogens (tertiary/aromatic N) is 1. The zero-order valence-corrected chi connectivity index (χ0v) is 14.2. The van der Waals surface area contributed by atoms with E-state index in [4.69, 9.17) is 4.74 Å². The molecule has 2 heterocycles. The average molecular weight is 282 g/mol. The van der Waals surface area contributed by atoms with Crippen molar-refractivity contribution in [2.45, 2.75) is 78.0 Å². The fraction of sp³-hybridized carbons (Fsp3) is 1.00. The van der Waals surface area contributed by atoms with Gasteiger partial charge in [0.1, 0.15) is 0 Å². The molecule has 0 saturated carbocycles. The predicted molar refractivity (Wildman–Crippen MR) is 85.1 cm³/mol. The summed E-state index contributed by atoms with van der Waals surface area (Å²) in [5.74, 6) is 0. The lowest BCUT2D eigenvalue weighted by Gasteiger charge is -2.50. The van der Waals surface area contributed by atoms with E-state index in [1.165, 1.54) is 32.2 Å². The third-order valence-electron chi connectivity index (χ3n) is 5.26. The summed E-state index contributed by atoms with van der Waals surface area (Å²) in [7, 11) is 0. The number of piperazine rings is 1. The van der Waals surface area contributed by atoms with E-state index in [2.05, 4.69) is 44.8 Å². The van der Waals surface area contributed by atoms with Gasteiger partial charge in [-0.3, -0.25) is 4.90 Å². The zero-order chi connectivity index (χ0) is 14.8. The van der Waals surface area contributed by atoms with Gasteiger partial charge in [-0.15, -0.1) is 0 Å². The Balaban J connectivity index is 1.97. The minimum absolute atomic E-state index is 0.276. The van der Waals surface area contributed by atoms with E-state index in [1.807, 2.05) is 0 Å². The standard InChI is InChI=1S/C17H34N2O/c1-6-17(5)13-19(10-9-14-8-7-11-20-14)15(12-18-17)16(2,3)4/h14-15,18H,6-13H2,1-5H3. The Bertz CT molecular complexity index is 307. The van der Waals surface area contributed by atoms with Gasteiger partial charge in [0.05, 0.1) is 6.10 Å². The molecule has 0 aromatic heterocycles. The first kappa shape index (κ1) is 16.3. The summed E-state index contributed by atoms with van der Waals surface area (Å²) in [6.45, 7) is 16.2. The van der Waals surface area contributed by atoms with Crippen LogP contribution in [0.1, 0.15) is 60.3 Å². The molecule has 0 aromatic carbocycles. The van der Waals surface area contributed by atoms with E-state index in [1.54, 1.807) is 0 Å². The summed E-state index contributed by atoms with van der Waals surface area (Å²) >= 11 is 0. The van der Waals surface area contributed by atoms with Gasteiger partial charge in [-0.1, -0.05) is 27.7 Å². The SMILES string of the molecule is CCC1(C)CN(CCC2CCCO2)C(C(C)(C)C)CN1. The Morgan fingerprint density at radius 2 is 2.10 bits per heavy atom. The second-order valence-corrected chi connectivity index (χ2v) is 8.07. The van der Waals surface area contributed by atoms with Gasteiger partial charge in [0, 0.05) is 37.8 Å². The van der Waals surface area contributed by atoms with Crippen molar-refractivity contribution < 1.29 is 4.74 Å². The Hall–Kier alpha value is -0.120. The molecule has 3 nitrogen and oxygen atoms in total. The lowest BCUT2D eigenvalue weighted by molar-refractivity contribution is 0.0120. The van der Waals surface area contributed by atoms with Gasteiger partial charge in [0.25, 0.3) is 0 Å². The second kappa shape index (κ2) is 6.33. The van der Waals surface area contributed by atoms with Gasteiger partial charge >= 0.3 is 0 Å². The first-order valence-corrected chi connectivity index (χ1v) is 8.45. The largest absolute Gasteiger partial charge is 0.378 e. The number of hydrogen-bond acceptors (Lipinski definition) is 3. The molecule has 0 aliphatic carbocycles. The lowest BCUT2D eigenvalue weighted by atomic mass is 9.81. The van der Waals surface area contributed by atoms with E-state index in [-0.39, 0.29) is 5.54 Å². The predicted octanol–water partition coefficient (Wildman–Crippen LogP) is 3.04. The maximum Gasteiger partial charge on any atom is 0.0588 e. The molecule has 1 N–H and O–H groups in total. The first-order valence-electron chi connectivity index (χ1n) is 8.45. The van der Waals surface area contributed by atoms with Crippen LogP contribution in [0.4, 0.5) is 0 Å². The molecule has 3 unspecified atom stereocenters. The maximum atomic E-state index is 5.80. The first-order chi connectivity index (χ1) is 9.34. The van der Waals surface area contributed by atoms with Gasteiger partial charge in [0.2, 0.25) is 0 Å². The van der Waals surface area contributed by atoms with Crippen LogP contribution in [0.2, 0.25) is 0 Å². The van der Waals surface area contributed by atoms with Crippen molar-refractivity contribution in [3.63, 3.8) is 0 Å². The lowest BCUT2D eigenvalue weighted by Crippen LogP contribution is -2.65. The molecule has 0 radical (unpaired) electrons. The second-order valence-electron chi connectivity index (χ2n) is 8.07. The molecule has 20 heavy (non-hydrogen) atoms. The molecule has 0 aromatic rings. The van der Waals surface area contributed by atoms with E-state index >= 15 is 0 Å². The van der Waals surface area contributed by atoms with E-state index < -0.39 is 0 Å². The Morgan fingerprint density at radius 3 is 2.65 bits per heavy atom. The molecule has 2 aliphatic heterocycles. The Kier molecular flexibility index (Phi) is 5.14. The van der Waals surface area contributed by atoms with Crippen LogP contribution in [0.15, 0.2) is 0 Å². The summed E-state index contributed by atoms with van der Waals surface area (Å²) in [5.41, 5.74) is 0.608. The molecule has 2 fully saturated rings.